The number of halogens is 1. The molecule has 0 aliphatic carbocycles. The van der Waals surface area contributed by atoms with E-state index in [1.165, 1.54) is 34.1 Å². The Labute approximate surface area is 172 Å². The Kier molecular flexibility index (Phi) is 6.04. The fourth-order valence-electron chi connectivity index (χ4n) is 3.51. The molecule has 1 saturated heterocycles. The minimum atomic E-state index is -0.779. The molecule has 1 aliphatic heterocycles. The summed E-state index contributed by atoms with van der Waals surface area (Å²) >= 11 is 0. The van der Waals surface area contributed by atoms with Crippen LogP contribution in [0.15, 0.2) is 33.9 Å². The SMILES string of the molecule is CCn1c(=O)c(C(=O)CN2CCCN(C)C2=O)c(N)n(Cc2ccc(F)cc2)c1=O. The number of hydrogen-bond donors (Lipinski definition) is 1. The molecule has 0 unspecified atom stereocenters. The van der Waals surface area contributed by atoms with Crippen molar-refractivity contribution in [1.82, 2.24) is 18.9 Å². The van der Waals surface area contributed by atoms with Gasteiger partial charge in [-0.15, -0.1) is 0 Å². The predicted molar refractivity (Wildman–Crippen MR) is 109 cm³/mol. The van der Waals surface area contributed by atoms with Gasteiger partial charge in [-0.25, -0.2) is 14.0 Å². The lowest BCUT2D eigenvalue weighted by atomic mass is 10.1. The quantitative estimate of drug-likeness (QED) is 0.697. The van der Waals surface area contributed by atoms with Crippen LogP contribution in [0.2, 0.25) is 0 Å². The van der Waals surface area contributed by atoms with Crippen molar-refractivity contribution in [3.63, 3.8) is 0 Å². The molecule has 2 N–H and O–H groups in total. The van der Waals surface area contributed by atoms with Crippen LogP contribution in [-0.4, -0.2) is 57.4 Å². The summed E-state index contributed by atoms with van der Waals surface area (Å²) in [6.45, 7) is 2.31. The zero-order valence-electron chi connectivity index (χ0n) is 16.9. The molecule has 0 radical (unpaired) electrons. The van der Waals surface area contributed by atoms with Crippen LogP contribution in [0.5, 0.6) is 0 Å². The molecular formula is C20H24FN5O4. The van der Waals surface area contributed by atoms with E-state index < -0.39 is 22.8 Å². The van der Waals surface area contributed by atoms with Crippen LogP contribution in [-0.2, 0) is 13.1 Å². The number of nitrogen functional groups attached to an aromatic ring is 1. The van der Waals surface area contributed by atoms with Gasteiger partial charge in [-0.05, 0) is 31.0 Å². The fourth-order valence-corrected chi connectivity index (χ4v) is 3.51. The normalized spacial score (nSPS) is 14.3. The molecule has 1 aromatic heterocycles. The standard InChI is InChI=1S/C20H24FN5O4/c1-3-25-18(28)16(15(27)12-24-10-4-9-23(2)19(24)29)17(22)26(20(25)30)11-13-5-7-14(21)8-6-13/h5-8H,3-4,9-12,22H2,1-2H3. The zero-order valence-corrected chi connectivity index (χ0v) is 16.9. The first-order chi connectivity index (χ1) is 14.2. The molecule has 1 aliphatic rings. The highest BCUT2D eigenvalue weighted by Crippen LogP contribution is 2.13. The number of nitrogens with zero attached hydrogens (tertiary/aromatic N) is 4. The lowest BCUT2D eigenvalue weighted by Gasteiger charge is -2.32. The first-order valence-corrected chi connectivity index (χ1v) is 9.65. The second-order valence-corrected chi connectivity index (χ2v) is 7.21. The van der Waals surface area contributed by atoms with Crippen LogP contribution in [0.3, 0.4) is 0 Å². The summed E-state index contributed by atoms with van der Waals surface area (Å²) in [6, 6.07) is 5.18. The molecule has 0 bridgehead atoms. The average Bonchev–Trinajstić information content (AvgIpc) is 2.70. The van der Waals surface area contributed by atoms with Gasteiger partial charge >= 0.3 is 11.7 Å². The average molecular weight is 417 g/mol. The number of nitrogens with two attached hydrogens (primary N) is 1. The number of benzene rings is 1. The largest absolute Gasteiger partial charge is 0.384 e. The molecule has 3 rings (SSSR count). The Morgan fingerprint density at radius 1 is 1.10 bits per heavy atom. The van der Waals surface area contributed by atoms with Gasteiger partial charge in [-0.3, -0.25) is 18.7 Å². The molecule has 2 amide bonds. The number of hydrogen-bond acceptors (Lipinski definition) is 5. The minimum absolute atomic E-state index is 0.0309. The summed E-state index contributed by atoms with van der Waals surface area (Å²) in [5.74, 6) is -1.32. The van der Waals surface area contributed by atoms with Crippen LogP contribution < -0.4 is 17.0 Å². The third-order valence-electron chi connectivity index (χ3n) is 5.17. The molecule has 160 valence electrons. The zero-order chi connectivity index (χ0) is 22.0. The van der Waals surface area contributed by atoms with Gasteiger partial charge in [0.2, 0.25) is 0 Å². The Bertz CT molecular complexity index is 1090. The van der Waals surface area contributed by atoms with Gasteiger partial charge in [-0.2, -0.15) is 0 Å². The molecular weight excluding hydrogens is 393 g/mol. The third-order valence-corrected chi connectivity index (χ3v) is 5.17. The highest BCUT2D eigenvalue weighted by Gasteiger charge is 2.28. The number of ketones is 1. The summed E-state index contributed by atoms with van der Waals surface area (Å²) in [4.78, 5) is 53.7. The molecule has 1 fully saturated rings. The second-order valence-electron chi connectivity index (χ2n) is 7.21. The van der Waals surface area contributed by atoms with Crippen molar-refractivity contribution < 1.29 is 14.0 Å². The number of amides is 2. The second kappa shape index (κ2) is 8.52. The Balaban J connectivity index is 2.02. The van der Waals surface area contributed by atoms with E-state index in [-0.39, 0.29) is 37.0 Å². The van der Waals surface area contributed by atoms with E-state index in [1.54, 1.807) is 14.0 Å². The van der Waals surface area contributed by atoms with Crippen molar-refractivity contribution in [1.29, 1.82) is 0 Å². The van der Waals surface area contributed by atoms with Crippen molar-refractivity contribution >= 4 is 17.6 Å². The number of carbonyl (C=O) groups excluding carboxylic acids is 2. The summed E-state index contributed by atoms with van der Waals surface area (Å²) in [6.07, 6.45) is 0.703. The minimum Gasteiger partial charge on any atom is -0.384 e. The first-order valence-electron chi connectivity index (χ1n) is 9.65. The molecule has 2 heterocycles. The molecule has 30 heavy (non-hydrogen) atoms. The van der Waals surface area contributed by atoms with E-state index >= 15 is 0 Å². The third kappa shape index (κ3) is 3.98. The number of aromatic nitrogens is 2. The number of carbonyl (C=O) groups is 2. The maximum absolute atomic E-state index is 13.2. The van der Waals surface area contributed by atoms with Gasteiger partial charge < -0.3 is 15.5 Å². The van der Waals surface area contributed by atoms with E-state index in [0.29, 0.717) is 25.1 Å². The number of Topliss-reactive ketones (excluding diaryl/α,β-unsaturated/α-hetero) is 1. The smallest absolute Gasteiger partial charge is 0.332 e. The lowest BCUT2D eigenvalue weighted by molar-refractivity contribution is 0.0898. The van der Waals surface area contributed by atoms with Crippen molar-refractivity contribution in [3.05, 3.63) is 62.0 Å². The van der Waals surface area contributed by atoms with Crippen LogP contribution in [0.1, 0.15) is 29.3 Å². The number of anilines is 1. The van der Waals surface area contributed by atoms with Gasteiger partial charge in [0.15, 0.2) is 5.78 Å². The van der Waals surface area contributed by atoms with Crippen LogP contribution in [0.25, 0.3) is 0 Å². The molecule has 2 aromatic rings. The summed E-state index contributed by atoms with van der Waals surface area (Å²) < 4.78 is 15.2. The highest BCUT2D eigenvalue weighted by atomic mass is 19.1. The molecule has 0 saturated carbocycles. The molecule has 0 atom stereocenters. The van der Waals surface area contributed by atoms with Crippen LogP contribution >= 0.6 is 0 Å². The van der Waals surface area contributed by atoms with Gasteiger partial charge in [0, 0.05) is 26.7 Å². The maximum atomic E-state index is 13.2. The van der Waals surface area contributed by atoms with Gasteiger partial charge in [-0.1, -0.05) is 12.1 Å². The maximum Gasteiger partial charge on any atom is 0.332 e. The number of rotatable bonds is 6. The Morgan fingerprint density at radius 3 is 2.40 bits per heavy atom. The topological polar surface area (TPSA) is 111 Å². The van der Waals surface area contributed by atoms with E-state index in [9.17, 15) is 23.6 Å². The van der Waals surface area contributed by atoms with Crippen molar-refractivity contribution in [2.45, 2.75) is 26.4 Å². The van der Waals surface area contributed by atoms with E-state index in [4.69, 9.17) is 5.73 Å². The number of urea groups is 1. The first kappa shape index (κ1) is 21.3. The van der Waals surface area contributed by atoms with Gasteiger partial charge in [0.25, 0.3) is 5.56 Å². The van der Waals surface area contributed by atoms with Crippen LogP contribution in [0.4, 0.5) is 15.0 Å². The van der Waals surface area contributed by atoms with Crippen molar-refractivity contribution in [2.24, 2.45) is 0 Å². The van der Waals surface area contributed by atoms with Crippen molar-refractivity contribution in [2.75, 3.05) is 32.4 Å². The highest BCUT2D eigenvalue weighted by molar-refractivity contribution is 6.02. The van der Waals surface area contributed by atoms with Crippen molar-refractivity contribution in [3.8, 4) is 0 Å². The van der Waals surface area contributed by atoms with Gasteiger partial charge in [0.05, 0.1) is 13.1 Å². The Morgan fingerprint density at radius 2 is 1.77 bits per heavy atom. The van der Waals surface area contributed by atoms with Crippen LogP contribution in [0, 0.1) is 5.82 Å². The molecule has 9 nitrogen and oxygen atoms in total. The Hall–Kier alpha value is -3.43. The molecule has 0 spiro atoms. The molecule has 10 heteroatoms. The summed E-state index contributed by atoms with van der Waals surface area (Å²) in [7, 11) is 1.64. The lowest BCUT2D eigenvalue weighted by Crippen LogP contribution is -2.50. The summed E-state index contributed by atoms with van der Waals surface area (Å²) in [5.41, 5.74) is 4.92. The fraction of sp³-hybridized carbons (Fsp3) is 0.400. The molecule has 1 aromatic carbocycles. The van der Waals surface area contributed by atoms with E-state index in [0.717, 1.165) is 9.13 Å². The summed E-state index contributed by atoms with van der Waals surface area (Å²) in [5, 5.41) is 0. The van der Waals surface area contributed by atoms with Gasteiger partial charge in [0.1, 0.15) is 17.2 Å². The monoisotopic (exact) mass is 417 g/mol. The van der Waals surface area contributed by atoms with E-state index in [2.05, 4.69) is 0 Å². The van der Waals surface area contributed by atoms with E-state index in [1.807, 2.05) is 0 Å². The predicted octanol–water partition coefficient (Wildman–Crippen LogP) is 0.740.